The van der Waals surface area contributed by atoms with Crippen LogP contribution in [0.5, 0.6) is 0 Å². The average molecular weight is 304 g/mol. The molecule has 5 nitrogen and oxygen atoms in total. The lowest BCUT2D eigenvalue weighted by Gasteiger charge is -2.34. The summed E-state index contributed by atoms with van der Waals surface area (Å²) in [5, 5.41) is 6.29. The van der Waals surface area contributed by atoms with E-state index in [1.165, 1.54) is 0 Å². The van der Waals surface area contributed by atoms with Gasteiger partial charge in [0.2, 0.25) is 11.8 Å². The smallest absolute Gasteiger partial charge is 0.239 e. The summed E-state index contributed by atoms with van der Waals surface area (Å²) in [6.45, 7) is 4.45. The summed E-state index contributed by atoms with van der Waals surface area (Å²) >= 11 is 0. The molecule has 2 saturated heterocycles. The van der Waals surface area contributed by atoms with Crippen molar-refractivity contribution in [2.75, 3.05) is 19.6 Å². The van der Waals surface area contributed by atoms with Crippen LogP contribution in [0.1, 0.15) is 45.4 Å². The van der Waals surface area contributed by atoms with E-state index in [0.717, 1.165) is 45.2 Å². The Hall–Kier alpha value is -0.810. The molecule has 0 bridgehead atoms. The van der Waals surface area contributed by atoms with Gasteiger partial charge in [-0.25, -0.2) is 0 Å². The zero-order chi connectivity index (χ0) is 13.7. The standard InChI is InChI=1S/C14H25N3O2.ClH/c1-2-5-13(18)16-11-6-4-9-17(10-11)14(19)12-7-3-8-15-12;/h11-12,15H,2-10H2,1H3,(H,16,18);1H. The van der Waals surface area contributed by atoms with Crippen LogP contribution in [0.25, 0.3) is 0 Å². The van der Waals surface area contributed by atoms with Crippen molar-refractivity contribution in [2.24, 2.45) is 0 Å². The molecule has 0 aromatic carbocycles. The van der Waals surface area contributed by atoms with Gasteiger partial charge >= 0.3 is 0 Å². The highest BCUT2D eigenvalue weighted by molar-refractivity contribution is 5.85. The van der Waals surface area contributed by atoms with Gasteiger partial charge in [-0.05, 0) is 38.6 Å². The molecule has 0 aromatic rings. The molecular formula is C14H26ClN3O2. The van der Waals surface area contributed by atoms with Crippen LogP contribution in [0.4, 0.5) is 0 Å². The number of nitrogens with one attached hydrogen (secondary N) is 2. The van der Waals surface area contributed by atoms with Gasteiger partial charge < -0.3 is 15.5 Å². The maximum atomic E-state index is 12.3. The van der Waals surface area contributed by atoms with E-state index in [0.29, 0.717) is 13.0 Å². The largest absolute Gasteiger partial charge is 0.352 e. The first-order valence-corrected chi connectivity index (χ1v) is 7.52. The third-order valence-corrected chi connectivity index (χ3v) is 3.93. The van der Waals surface area contributed by atoms with Crippen LogP contribution in [0.3, 0.4) is 0 Å². The van der Waals surface area contributed by atoms with Gasteiger partial charge in [-0.1, -0.05) is 6.92 Å². The van der Waals surface area contributed by atoms with E-state index in [4.69, 9.17) is 0 Å². The maximum Gasteiger partial charge on any atom is 0.239 e. The Morgan fingerprint density at radius 1 is 1.30 bits per heavy atom. The number of carbonyl (C=O) groups excluding carboxylic acids is 2. The summed E-state index contributed by atoms with van der Waals surface area (Å²) in [6, 6.07) is 0.142. The van der Waals surface area contributed by atoms with E-state index in [2.05, 4.69) is 10.6 Å². The number of amides is 2. The molecule has 0 radical (unpaired) electrons. The topological polar surface area (TPSA) is 61.4 Å². The highest BCUT2D eigenvalue weighted by Crippen LogP contribution is 2.15. The van der Waals surface area contributed by atoms with Crippen molar-refractivity contribution in [3.8, 4) is 0 Å². The Morgan fingerprint density at radius 2 is 2.10 bits per heavy atom. The summed E-state index contributed by atoms with van der Waals surface area (Å²) in [7, 11) is 0. The number of piperidine rings is 1. The summed E-state index contributed by atoms with van der Waals surface area (Å²) < 4.78 is 0. The van der Waals surface area contributed by atoms with E-state index in [1.807, 2.05) is 11.8 Å². The van der Waals surface area contributed by atoms with Crippen LogP contribution < -0.4 is 10.6 Å². The first-order valence-electron chi connectivity index (χ1n) is 7.52. The van der Waals surface area contributed by atoms with Gasteiger partial charge in [0.1, 0.15) is 0 Å². The van der Waals surface area contributed by atoms with Crippen molar-refractivity contribution in [1.29, 1.82) is 0 Å². The summed E-state index contributed by atoms with van der Waals surface area (Å²) in [4.78, 5) is 25.8. The second kappa shape index (κ2) is 8.47. The van der Waals surface area contributed by atoms with Crippen molar-refractivity contribution < 1.29 is 9.59 Å². The molecule has 2 rings (SSSR count). The second-order valence-corrected chi connectivity index (χ2v) is 5.59. The van der Waals surface area contributed by atoms with Crippen molar-refractivity contribution >= 4 is 24.2 Å². The molecule has 0 aliphatic carbocycles. The molecule has 2 heterocycles. The van der Waals surface area contributed by atoms with Crippen molar-refractivity contribution in [3.63, 3.8) is 0 Å². The van der Waals surface area contributed by atoms with Gasteiger partial charge in [0, 0.05) is 25.6 Å². The zero-order valence-electron chi connectivity index (χ0n) is 12.2. The molecule has 2 amide bonds. The van der Waals surface area contributed by atoms with Gasteiger partial charge in [-0.2, -0.15) is 0 Å². The van der Waals surface area contributed by atoms with E-state index in [-0.39, 0.29) is 36.3 Å². The van der Waals surface area contributed by atoms with Crippen molar-refractivity contribution in [1.82, 2.24) is 15.5 Å². The molecule has 0 saturated carbocycles. The van der Waals surface area contributed by atoms with Crippen LogP contribution in [0, 0.1) is 0 Å². The number of nitrogens with zero attached hydrogens (tertiary/aromatic N) is 1. The lowest BCUT2D eigenvalue weighted by atomic mass is 10.0. The molecule has 2 fully saturated rings. The SMILES string of the molecule is CCCC(=O)NC1CCCN(C(=O)C2CCCN2)C1.Cl. The molecule has 2 N–H and O–H groups in total. The molecule has 2 atom stereocenters. The third kappa shape index (κ3) is 4.63. The number of rotatable bonds is 4. The fraction of sp³-hybridized carbons (Fsp3) is 0.857. The number of hydrogen-bond acceptors (Lipinski definition) is 3. The van der Waals surface area contributed by atoms with E-state index in [1.54, 1.807) is 0 Å². The van der Waals surface area contributed by atoms with Crippen LogP contribution in [0.2, 0.25) is 0 Å². The number of hydrogen-bond donors (Lipinski definition) is 2. The number of carbonyl (C=O) groups is 2. The number of halogens is 1. The highest BCUT2D eigenvalue weighted by atomic mass is 35.5. The second-order valence-electron chi connectivity index (χ2n) is 5.59. The van der Waals surface area contributed by atoms with Gasteiger partial charge in [-0.3, -0.25) is 9.59 Å². The van der Waals surface area contributed by atoms with Crippen molar-refractivity contribution in [2.45, 2.75) is 57.5 Å². The quantitative estimate of drug-likeness (QED) is 0.816. The Labute approximate surface area is 127 Å². The van der Waals surface area contributed by atoms with Crippen LogP contribution >= 0.6 is 12.4 Å². The predicted molar refractivity (Wildman–Crippen MR) is 80.9 cm³/mol. The molecule has 6 heteroatoms. The van der Waals surface area contributed by atoms with E-state index < -0.39 is 0 Å². The minimum atomic E-state index is 0. The number of likely N-dealkylation sites (tertiary alicyclic amines) is 1. The van der Waals surface area contributed by atoms with Gasteiger partial charge in [0.15, 0.2) is 0 Å². The van der Waals surface area contributed by atoms with Crippen molar-refractivity contribution in [3.05, 3.63) is 0 Å². The summed E-state index contributed by atoms with van der Waals surface area (Å²) in [6.07, 6.45) is 5.44. The highest BCUT2D eigenvalue weighted by Gasteiger charge is 2.30. The first kappa shape index (κ1) is 17.2. The van der Waals surface area contributed by atoms with Gasteiger partial charge in [0.05, 0.1) is 6.04 Å². The molecule has 0 aromatic heterocycles. The monoisotopic (exact) mass is 303 g/mol. The Bertz CT molecular complexity index is 332. The Kier molecular flexibility index (Phi) is 7.30. The zero-order valence-corrected chi connectivity index (χ0v) is 13.0. The minimum absolute atomic E-state index is 0. The van der Waals surface area contributed by atoms with E-state index >= 15 is 0 Å². The molecule has 20 heavy (non-hydrogen) atoms. The average Bonchev–Trinajstić information content (AvgIpc) is 2.92. The normalized spacial score (nSPS) is 25.9. The fourth-order valence-corrected chi connectivity index (χ4v) is 2.94. The van der Waals surface area contributed by atoms with E-state index in [9.17, 15) is 9.59 Å². The molecule has 2 unspecified atom stereocenters. The third-order valence-electron chi connectivity index (χ3n) is 3.93. The van der Waals surface area contributed by atoms with Crippen LogP contribution in [0.15, 0.2) is 0 Å². The lowest BCUT2D eigenvalue weighted by molar-refractivity contribution is -0.135. The Balaban J connectivity index is 0.00000200. The Morgan fingerprint density at radius 3 is 2.75 bits per heavy atom. The van der Waals surface area contributed by atoms with Crippen LogP contribution in [-0.2, 0) is 9.59 Å². The predicted octanol–water partition coefficient (Wildman–Crippen LogP) is 1.07. The molecule has 2 aliphatic heterocycles. The van der Waals surface area contributed by atoms with Gasteiger partial charge in [0.25, 0.3) is 0 Å². The molecule has 0 spiro atoms. The maximum absolute atomic E-state index is 12.3. The molecule has 116 valence electrons. The lowest BCUT2D eigenvalue weighted by Crippen LogP contribution is -2.53. The van der Waals surface area contributed by atoms with Crippen LogP contribution in [-0.4, -0.2) is 48.4 Å². The summed E-state index contributed by atoms with van der Waals surface area (Å²) in [5.74, 6) is 0.327. The molecule has 2 aliphatic rings. The summed E-state index contributed by atoms with van der Waals surface area (Å²) in [5.41, 5.74) is 0. The fourth-order valence-electron chi connectivity index (χ4n) is 2.94. The van der Waals surface area contributed by atoms with Gasteiger partial charge in [-0.15, -0.1) is 12.4 Å². The molecular weight excluding hydrogens is 278 g/mol. The minimum Gasteiger partial charge on any atom is -0.352 e. The first-order chi connectivity index (χ1) is 9.20.